The molecule has 1 saturated heterocycles. The number of aromatic nitrogens is 1. The van der Waals surface area contributed by atoms with Crippen LogP contribution in [0.1, 0.15) is 37.4 Å². The zero-order chi connectivity index (χ0) is 23.1. The highest BCUT2D eigenvalue weighted by molar-refractivity contribution is 6.00. The standard InChI is InChI=1S/C25H19FN4O3/c26-21-4-2-14(9-17(21)13-27)22-12-20(24(28)31)19-11-16-10-15(1-3-18(16)23(19)29-22)25(32)30-5-7-33-8-6-30/h1-4,9-10,12H,5-8,11H2,(H2,28,31). The molecule has 0 radical (unpaired) electrons. The molecule has 2 aliphatic rings. The molecule has 0 spiro atoms. The Kier molecular flexibility index (Phi) is 5.11. The number of rotatable bonds is 3. The fourth-order valence-electron chi connectivity index (χ4n) is 4.35. The summed E-state index contributed by atoms with van der Waals surface area (Å²) in [5.41, 5.74) is 10.4. The number of nitriles is 1. The minimum absolute atomic E-state index is 0.0591. The lowest BCUT2D eigenvalue weighted by atomic mass is 10.0. The molecule has 2 N–H and O–H groups in total. The fourth-order valence-corrected chi connectivity index (χ4v) is 4.35. The first kappa shape index (κ1) is 20.8. The average Bonchev–Trinajstić information content (AvgIpc) is 3.21. The Bertz CT molecular complexity index is 1360. The second kappa shape index (κ2) is 8.11. The van der Waals surface area contributed by atoms with E-state index in [0.29, 0.717) is 66.4 Å². The van der Waals surface area contributed by atoms with Crippen LogP contribution in [0.4, 0.5) is 4.39 Å². The molecule has 0 saturated carbocycles. The third-order valence-corrected chi connectivity index (χ3v) is 6.05. The van der Waals surface area contributed by atoms with Crippen LogP contribution in [0, 0.1) is 17.1 Å². The van der Waals surface area contributed by atoms with Gasteiger partial charge in [0, 0.05) is 41.8 Å². The van der Waals surface area contributed by atoms with Gasteiger partial charge < -0.3 is 15.4 Å². The molecular formula is C25H19FN4O3. The van der Waals surface area contributed by atoms with Crippen molar-refractivity contribution in [2.45, 2.75) is 6.42 Å². The second-order valence-corrected chi connectivity index (χ2v) is 8.01. The number of carbonyl (C=O) groups is 2. The second-order valence-electron chi connectivity index (χ2n) is 8.01. The van der Waals surface area contributed by atoms with Crippen LogP contribution in [0.2, 0.25) is 0 Å². The number of nitrogens with zero attached hydrogens (tertiary/aromatic N) is 3. The van der Waals surface area contributed by atoms with E-state index in [-0.39, 0.29) is 11.5 Å². The highest BCUT2D eigenvalue weighted by Gasteiger charge is 2.28. The van der Waals surface area contributed by atoms with Crippen molar-refractivity contribution < 1.29 is 18.7 Å². The number of morpholine rings is 1. The van der Waals surface area contributed by atoms with E-state index < -0.39 is 11.7 Å². The number of hydrogen-bond donors (Lipinski definition) is 1. The summed E-state index contributed by atoms with van der Waals surface area (Å²) in [5, 5.41) is 9.16. The third kappa shape index (κ3) is 3.62. The van der Waals surface area contributed by atoms with Crippen molar-refractivity contribution in [3.8, 4) is 28.6 Å². The monoisotopic (exact) mass is 442 g/mol. The van der Waals surface area contributed by atoms with Crippen LogP contribution >= 0.6 is 0 Å². The summed E-state index contributed by atoms with van der Waals surface area (Å²) in [4.78, 5) is 31.7. The lowest BCUT2D eigenvalue weighted by Gasteiger charge is -2.27. The van der Waals surface area contributed by atoms with Gasteiger partial charge in [-0.15, -0.1) is 0 Å². The molecule has 2 heterocycles. The molecule has 164 valence electrons. The molecule has 33 heavy (non-hydrogen) atoms. The number of benzene rings is 2. The van der Waals surface area contributed by atoms with Crippen molar-refractivity contribution in [2.75, 3.05) is 26.3 Å². The predicted octanol–water partition coefficient (Wildman–Crippen LogP) is 2.90. The summed E-state index contributed by atoms with van der Waals surface area (Å²) in [7, 11) is 0. The van der Waals surface area contributed by atoms with Crippen LogP contribution in [0.3, 0.4) is 0 Å². The van der Waals surface area contributed by atoms with Gasteiger partial charge in [0.05, 0.1) is 30.2 Å². The van der Waals surface area contributed by atoms with Crippen LogP contribution in [0.15, 0.2) is 42.5 Å². The Labute approximate surface area is 189 Å². The van der Waals surface area contributed by atoms with Crippen molar-refractivity contribution in [1.29, 1.82) is 5.26 Å². The molecule has 1 aliphatic heterocycles. The summed E-state index contributed by atoms with van der Waals surface area (Å²) >= 11 is 0. The van der Waals surface area contributed by atoms with Crippen LogP contribution < -0.4 is 5.73 Å². The van der Waals surface area contributed by atoms with Crippen molar-refractivity contribution in [2.24, 2.45) is 5.73 Å². The maximum atomic E-state index is 13.8. The van der Waals surface area contributed by atoms with Crippen LogP contribution in [-0.4, -0.2) is 48.0 Å². The fraction of sp³-hybridized carbons (Fsp3) is 0.200. The first-order chi connectivity index (χ1) is 16.0. The Morgan fingerprint density at radius 3 is 2.64 bits per heavy atom. The molecule has 2 aromatic carbocycles. The quantitative estimate of drug-likeness (QED) is 0.525. The summed E-state index contributed by atoms with van der Waals surface area (Å²) < 4.78 is 19.1. The van der Waals surface area contributed by atoms with E-state index in [9.17, 15) is 14.0 Å². The molecule has 5 rings (SSSR count). The lowest BCUT2D eigenvalue weighted by Crippen LogP contribution is -2.40. The number of pyridine rings is 1. The van der Waals surface area contributed by atoms with Gasteiger partial charge >= 0.3 is 0 Å². The largest absolute Gasteiger partial charge is 0.378 e. The Balaban J connectivity index is 1.57. The number of amides is 2. The zero-order valence-electron chi connectivity index (χ0n) is 17.6. The van der Waals surface area contributed by atoms with E-state index in [1.54, 1.807) is 17.0 Å². The van der Waals surface area contributed by atoms with E-state index in [4.69, 9.17) is 20.7 Å². The molecule has 3 aromatic rings. The van der Waals surface area contributed by atoms with E-state index in [1.807, 2.05) is 18.2 Å². The molecule has 1 fully saturated rings. The van der Waals surface area contributed by atoms with Crippen molar-refractivity contribution in [3.63, 3.8) is 0 Å². The van der Waals surface area contributed by atoms with E-state index in [1.165, 1.54) is 18.2 Å². The summed E-state index contributed by atoms with van der Waals surface area (Å²) in [6.07, 6.45) is 0.424. The van der Waals surface area contributed by atoms with E-state index in [2.05, 4.69) is 0 Å². The predicted molar refractivity (Wildman–Crippen MR) is 118 cm³/mol. The highest BCUT2D eigenvalue weighted by atomic mass is 19.1. The van der Waals surface area contributed by atoms with Gasteiger partial charge in [-0.25, -0.2) is 9.37 Å². The van der Waals surface area contributed by atoms with Gasteiger partial charge in [-0.1, -0.05) is 6.07 Å². The lowest BCUT2D eigenvalue weighted by molar-refractivity contribution is 0.0303. The first-order valence-corrected chi connectivity index (χ1v) is 10.5. The minimum atomic E-state index is -0.625. The van der Waals surface area contributed by atoms with Crippen LogP contribution in [0.5, 0.6) is 0 Å². The molecule has 0 atom stereocenters. The molecule has 1 aliphatic carbocycles. The van der Waals surface area contributed by atoms with Gasteiger partial charge in [-0.05, 0) is 47.5 Å². The number of primary amides is 1. The number of carbonyl (C=O) groups excluding carboxylic acids is 2. The van der Waals surface area contributed by atoms with Gasteiger partial charge in [0.1, 0.15) is 11.9 Å². The molecule has 8 heteroatoms. The van der Waals surface area contributed by atoms with Gasteiger partial charge in [0.2, 0.25) is 5.91 Å². The van der Waals surface area contributed by atoms with Gasteiger partial charge in [-0.3, -0.25) is 9.59 Å². The molecular weight excluding hydrogens is 423 g/mol. The maximum Gasteiger partial charge on any atom is 0.254 e. The van der Waals surface area contributed by atoms with E-state index in [0.717, 1.165) is 11.1 Å². The number of ether oxygens (including phenoxy) is 1. The van der Waals surface area contributed by atoms with Crippen LogP contribution in [-0.2, 0) is 11.2 Å². The van der Waals surface area contributed by atoms with Crippen LogP contribution in [0.25, 0.3) is 22.5 Å². The number of hydrogen-bond acceptors (Lipinski definition) is 5. The van der Waals surface area contributed by atoms with Crippen molar-refractivity contribution >= 4 is 11.8 Å². The average molecular weight is 442 g/mol. The normalized spacial score (nSPS) is 14.4. The molecule has 0 bridgehead atoms. The first-order valence-electron chi connectivity index (χ1n) is 10.5. The molecule has 7 nitrogen and oxygen atoms in total. The van der Waals surface area contributed by atoms with Crippen molar-refractivity contribution in [1.82, 2.24) is 9.88 Å². The number of nitrogens with two attached hydrogens (primary N) is 1. The molecule has 2 amide bonds. The number of halogens is 1. The van der Waals surface area contributed by atoms with E-state index >= 15 is 0 Å². The van der Waals surface area contributed by atoms with Gasteiger partial charge in [-0.2, -0.15) is 5.26 Å². The maximum absolute atomic E-state index is 13.8. The Morgan fingerprint density at radius 1 is 1.12 bits per heavy atom. The summed E-state index contributed by atoms with van der Waals surface area (Å²) in [6.45, 7) is 2.14. The summed E-state index contributed by atoms with van der Waals surface area (Å²) in [6, 6.07) is 12.9. The topological polar surface area (TPSA) is 109 Å². The Hall–Kier alpha value is -4.09. The highest BCUT2D eigenvalue weighted by Crippen LogP contribution is 2.39. The van der Waals surface area contributed by atoms with Crippen molar-refractivity contribution in [3.05, 3.63) is 76.1 Å². The van der Waals surface area contributed by atoms with Gasteiger partial charge in [0.25, 0.3) is 5.91 Å². The SMILES string of the molecule is N#Cc1cc(-c2cc(C(N)=O)c3c(n2)-c2ccc(C(=O)N4CCOCC4)cc2C3)ccc1F. The zero-order valence-corrected chi connectivity index (χ0v) is 17.6. The summed E-state index contributed by atoms with van der Waals surface area (Å²) in [5.74, 6) is -1.29. The molecule has 0 unspecified atom stereocenters. The minimum Gasteiger partial charge on any atom is -0.378 e. The smallest absolute Gasteiger partial charge is 0.254 e. The third-order valence-electron chi connectivity index (χ3n) is 6.05. The Morgan fingerprint density at radius 2 is 1.91 bits per heavy atom. The van der Waals surface area contributed by atoms with Gasteiger partial charge in [0.15, 0.2) is 0 Å². The molecule has 1 aromatic heterocycles. The number of fused-ring (bicyclic) bond motifs is 3.